The lowest BCUT2D eigenvalue weighted by Crippen LogP contribution is -2.40. The fourth-order valence-electron chi connectivity index (χ4n) is 4.67. The molecule has 1 aliphatic heterocycles. The Bertz CT molecular complexity index is 1880. The van der Waals surface area contributed by atoms with Crippen LogP contribution in [0.1, 0.15) is 24.1 Å². The maximum absolute atomic E-state index is 13.8. The lowest BCUT2D eigenvalue weighted by molar-refractivity contribution is -0.136. The van der Waals surface area contributed by atoms with Gasteiger partial charge in [0.1, 0.15) is 11.8 Å². The predicted octanol–water partition coefficient (Wildman–Crippen LogP) is 2.26. The summed E-state index contributed by atoms with van der Waals surface area (Å²) < 4.78 is 15.6. The summed E-state index contributed by atoms with van der Waals surface area (Å²) >= 11 is 7.53. The molecular weight excluding hydrogens is 516 g/mol. The number of imidazole rings is 1. The zero-order chi connectivity index (χ0) is 26.6. The Morgan fingerprint density at radius 3 is 2.51 bits per heavy atom. The molecule has 0 spiro atoms. The summed E-state index contributed by atoms with van der Waals surface area (Å²) in [5.74, 6) is -0.131. The van der Waals surface area contributed by atoms with E-state index in [4.69, 9.17) is 21.1 Å². The first-order valence-corrected chi connectivity index (χ1v) is 12.5. The van der Waals surface area contributed by atoms with E-state index in [1.165, 1.54) is 30.1 Å². The van der Waals surface area contributed by atoms with Crippen LogP contribution in [0, 0.1) is 0 Å². The van der Waals surface area contributed by atoms with Crippen LogP contribution in [-0.4, -0.2) is 33.9 Å². The molecule has 4 aromatic rings. The number of nitrogens with zero attached hydrogens (tertiary/aromatic N) is 4. The molecule has 0 fully saturated rings. The Kier molecular flexibility index (Phi) is 6.17. The number of aryl methyl sites for hydroxylation is 2. The second kappa shape index (κ2) is 9.20. The molecule has 1 atom stereocenters. The van der Waals surface area contributed by atoms with E-state index >= 15 is 0 Å². The van der Waals surface area contributed by atoms with Crippen LogP contribution in [-0.2, 0) is 23.6 Å². The number of fused-ring (bicyclic) bond motifs is 2. The van der Waals surface area contributed by atoms with Crippen LogP contribution in [0.5, 0.6) is 5.75 Å². The van der Waals surface area contributed by atoms with Crippen molar-refractivity contribution in [3.05, 3.63) is 94.0 Å². The van der Waals surface area contributed by atoms with Crippen LogP contribution >= 0.6 is 22.9 Å². The summed E-state index contributed by atoms with van der Waals surface area (Å²) in [7, 11) is 6.22. The Balaban J connectivity index is 1.77. The fraction of sp³-hybridized carbons (Fsp3) is 0.231. The van der Waals surface area contributed by atoms with Gasteiger partial charge in [-0.25, -0.2) is 14.6 Å². The normalized spacial score (nSPS) is 15.6. The third-order valence-electron chi connectivity index (χ3n) is 6.51. The number of carbonyl (C=O) groups is 1. The molecule has 9 nitrogen and oxygen atoms in total. The minimum absolute atomic E-state index is 0.132. The van der Waals surface area contributed by atoms with Crippen molar-refractivity contribution in [3.8, 4) is 5.75 Å². The molecule has 0 saturated heterocycles. The number of halogens is 1. The minimum Gasteiger partial charge on any atom is -0.496 e. The van der Waals surface area contributed by atoms with Crippen molar-refractivity contribution in [2.75, 3.05) is 14.2 Å². The number of thiazole rings is 1. The average molecular weight is 539 g/mol. The van der Waals surface area contributed by atoms with E-state index in [1.807, 2.05) is 18.2 Å². The number of rotatable bonds is 4. The van der Waals surface area contributed by atoms with E-state index in [1.54, 1.807) is 54.4 Å². The molecular formula is C26H23ClN4O5S. The van der Waals surface area contributed by atoms with Crippen LogP contribution in [0.4, 0.5) is 0 Å². The van der Waals surface area contributed by atoms with E-state index in [0.29, 0.717) is 31.4 Å². The maximum Gasteiger partial charge on any atom is 0.338 e. The highest BCUT2D eigenvalue weighted by Gasteiger charge is 2.35. The molecule has 5 rings (SSSR count). The summed E-state index contributed by atoms with van der Waals surface area (Å²) in [6.07, 6.45) is 1.75. The van der Waals surface area contributed by atoms with Crippen molar-refractivity contribution in [2.24, 2.45) is 19.1 Å². The van der Waals surface area contributed by atoms with Gasteiger partial charge in [0.15, 0.2) is 4.80 Å². The van der Waals surface area contributed by atoms with Gasteiger partial charge in [0, 0.05) is 24.7 Å². The molecule has 0 saturated carbocycles. The molecule has 2 aromatic heterocycles. The number of hydrogen-bond acceptors (Lipinski definition) is 7. The van der Waals surface area contributed by atoms with Crippen LogP contribution in [0.25, 0.3) is 17.1 Å². The fourth-order valence-corrected chi connectivity index (χ4v) is 5.90. The van der Waals surface area contributed by atoms with Crippen molar-refractivity contribution >= 4 is 46.0 Å². The van der Waals surface area contributed by atoms with Gasteiger partial charge in [-0.2, -0.15) is 0 Å². The zero-order valence-electron chi connectivity index (χ0n) is 20.7. The van der Waals surface area contributed by atoms with Crippen LogP contribution in [0.2, 0.25) is 5.02 Å². The van der Waals surface area contributed by atoms with Crippen molar-refractivity contribution in [3.63, 3.8) is 0 Å². The van der Waals surface area contributed by atoms with Crippen LogP contribution < -0.4 is 25.3 Å². The first-order valence-electron chi connectivity index (χ1n) is 11.3. The molecule has 0 bridgehead atoms. The van der Waals surface area contributed by atoms with Gasteiger partial charge < -0.3 is 9.47 Å². The van der Waals surface area contributed by atoms with Gasteiger partial charge in [0.25, 0.3) is 5.56 Å². The summed E-state index contributed by atoms with van der Waals surface area (Å²) in [4.78, 5) is 44.0. The number of aromatic nitrogens is 3. The van der Waals surface area contributed by atoms with Crippen molar-refractivity contribution in [2.45, 2.75) is 13.0 Å². The molecule has 190 valence electrons. The zero-order valence-corrected chi connectivity index (χ0v) is 22.3. The lowest BCUT2D eigenvalue weighted by atomic mass is 9.95. The highest BCUT2D eigenvalue weighted by atomic mass is 35.5. The molecule has 37 heavy (non-hydrogen) atoms. The Morgan fingerprint density at radius 1 is 1.08 bits per heavy atom. The van der Waals surface area contributed by atoms with Crippen molar-refractivity contribution in [1.29, 1.82) is 0 Å². The number of benzene rings is 2. The molecule has 1 unspecified atom stereocenters. The van der Waals surface area contributed by atoms with E-state index in [-0.39, 0.29) is 16.8 Å². The Morgan fingerprint density at radius 2 is 1.81 bits per heavy atom. The molecule has 2 aromatic carbocycles. The highest BCUT2D eigenvalue weighted by Crippen LogP contribution is 2.37. The van der Waals surface area contributed by atoms with Gasteiger partial charge in [-0.3, -0.25) is 18.5 Å². The second-order valence-electron chi connectivity index (χ2n) is 8.61. The van der Waals surface area contributed by atoms with Crippen LogP contribution in [0.15, 0.2) is 62.2 Å². The number of carbonyl (C=O) groups excluding carboxylic acids is 1. The van der Waals surface area contributed by atoms with E-state index in [9.17, 15) is 14.4 Å². The Labute approximate surface area is 219 Å². The van der Waals surface area contributed by atoms with Crippen molar-refractivity contribution < 1.29 is 14.3 Å². The standard InChI is InChI=1S/C26H23ClN4O5S/c1-13-21(24(33)36-5)22(16-12-15(27)7-9-19(16)35-4)31-23(32)20(37-25(31)28-13)11-14-6-8-17-18(10-14)30(3)26(34)29(17)2/h6-12,22H,1-5H3/b20-11+. The number of ether oxygens (including phenoxy) is 2. The SMILES string of the molecule is COC(=O)C1=C(C)N=c2s/c(=C/c3ccc4c(c3)n(C)c(=O)n4C)c(=O)n2C1c1cc(Cl)ccc1OC. The Hall–Kier alpha value is -3.89. The van der Waals surface area contributed by atoms with E-state index in [2.05, 4.69) is 4.99 Å². The molecule has 1 aliphatic rings. The topological polar surface area (TPSA) is 96.8 Å². The first-order chi connectivity index (χ1) is 17.7. The first kappa shape index (κ1) is 24.8. The summed E-state index contributed by atoms with van der Waals surface area (Å²) in [6.45, 7) is 1.71. The summed E-state index contributed by atoms with van der Waals surface area (Å²) in [5.41, 5.74) is 3.03. The van der Waals surface area contributed by atoms with Gasteiger partial charge in [0.2, 0.25) is 0 Å². The molecule has 0 N–H and O–H groups in total. The predicted molar refractivity (Wildman–Crippen MR) is 142 cm³/mol. The monoisotopic (exact) mass is 538 g/mol. The van der Waals surface area contributed by atoms with Gasteiger partial charge >= 0.3 is 11.7 Å². The van der Waals surface area contributed by atoms with Gasteiger partial charge in [-0.15, -0.1) is 0 Å². The minimum atomic E-state index is -0.850. The molecule has 0 aliphatic carbocycles. The summed E-state index contributed by atoms with van der Waals surface area (Å²) in [5, 5.41) is 0.429. The van der Waals surface area contributed by atoms with Gasteiger partial charge in [0.05, 0.1) is 41.1 Å². The van der Waals surface area contributed by atoms with Crippen LogP contribution in [0.3, 0.4) is 0 Å². The summed E-state index contributed by atoms with van der Waals surface area (Å²) in [6, 6.07) is 9.75. The van der Waals surface area contributed by atoms with Crippen molar-refractivity contribution in [1.82, 2.24) is 13.7 Å². The number of methoxy groups -OCH3 is 2. The molecule has 11 heteroatoms. The number of allylic oxidation sites excluding steroid dienone is 1. The maximum atomic E-state index is 13.8. The highest BCUT2D eigenvalue weighted by molar-refractivity contribution is 7.07. The average Bonchev–Trinajstić information content (AvgIpc) is 3.30. The van der Waals surface area contributed by atoms with Gasteiger partial charge in [-0.05, 0) is 48.9 Å². The third kappa shape index (κ3) is 3.93. The van der Waals surface area contributed by atoms with E-state index < -0.39 is 12.0 Å². The molecule has 3 heterocycles. The molecule has 0 amide bonds. The van der Waals surface area contributed by atoms with E-state index in [0.717, 1.165) is 16.6 Å². The van der Waals surface area contributed by atoms with Gasteiger partial charge in [-0.1, -0.05) is 29.0 Å². The second-order valence-corrected chi connectivity index (χ2v) is 10.1. The quantitative estimate of drug-likeness (QED) is 0.371. The largest absolute Gasteiger partial charge is 0.496 e. The number of esters is 1. The number of hydrogen-bond donors (Lipinski definition) is 0. The molecule has 0 radical (unpaired) electrons. The third-order valence-corrected chi connectivity index (χ3v) is 7.73. The smallest absolute Gasteiger partial charge is 0.338 e. The lowest BCUT2D eigenvalue weighted by Gasteiger charge is -2.25.